The Labute approximate surface area is 154 Å². The maximum atomic E-state index is 4.73. The summed E-state index contributed by atoms with van der Waals surface area (Å²) in [6.07, 6.45) is 2.81. The van der Waals surface area contributed by atoms with Gasteiger partial charge in [-0.15, -0.1) is 11.3 Å². The number of rotatable bonds is 5. The lowest BCUT2D eigenvalue weighted by Crippen LogP contribution is -1.98. The monoisotopic (exact) mass is 435 g/mol. The molecule has 0 spiro atoms. The van der Waals surface area contributed by atoms with E-state index in [0.717, 1.165) is 40.6 Å². The largest absolute Gasteiger partial charge is 0.380 e. The highest BCUT2D eigenvalue weighted by molar-refractivity contribution is 14.1. The first-order valence-electron chi connectivity index (χ1n) is 7.56. The first kappa shape index (κ1) is 16.4. The number of nitrogens with zero attached hydrogens (tertiary/aromatic N) is 2. The summed E-state index contributed by atoms with van der Waals surface area (Å²) in [6.45, 7) is 5.00. The standard InChI is InChI=1S/C18H18IN3S/c1-3-15-10-13(8-9-20-15)18-22-12(2)17(23-18)11-21-16-6-4-14(19)5-7-16/h4-10,21H,3,11H2,1-2H3. The van der Waals surface area contributed by atoms with E-state index in [0.29, 0.717) is 0 Å². The number of pyridine rings is 1. The van der Waals surface area contributed by atoms with Crippen LogP contribution >= 0.6 is 33.9 Å². The lowest BCUT2D eigenvalue weighted by Gasteiger charge is -2.05. The summed E-state index contributed by atoms with van der Waals surface area (Å²) < 4.78 is 1.24. The Kier molecular flexibility index (Phi) is 5.27. The fourth-order valence-electron chi connectivity index (χ4n) is 2.27. The van der Waals surface area contributed by atoms with Crippen molar-refractivity contribution in [3.05, 3.63) is 62.4 Å². The second-order valence-corrected chi connectivity index (χ2v) is 7.61. The number of aromatic nitrogens is 2. The summed E-state index contributed by atoms with van der Waals surface area (Å²) in [7, 11) is 0. The van der Waals surface area contributed by atoms with Crippen LogP contribution in [0, 0.1) is 10.5 Å². The van der Waals surface area contributed by atoms with Gasteiger partial charge in [0.1, 0.15) is 5.01 Å². The molecule has 0 bridgehead atoms. The fraction of sp³-hybridized carbons (Fsp3) is 0.222. The molecule has 0 aliphatic rings. The summed E-state index contributed by atoms with van der Waals surface area (Å²) in [5.41, 5.74) is 4.49. The third-order valence-electron chi connectivity index (χ3n) is 3.62. The van der Waals surface area contributed by atoms with Gasteiger partial charge in [-0.2, -0.15) is 0 Å². The van der Waals surface area contributed by atoms with E-state index in [4.69, 9.17) is 4.98 Å². The van der Waals surface area contributed by atoms with E-state index in [2.05, 4.69) is 77.1 Å². The highest BCUT2D eigenvalue weighted by atomic mass is 127. The molecule has 2 heterocycles. The molecule has 0 saturated heterocycles. The van der Waals surface area contributed by atoms with Gasteiger partial charge in [-0.1, -0.05) is 6.92 Å². The van der Waals surface area contributed by atoms with Crippen LogP contribution in [0.5, 0.6) is 0 Å². The number of benzene rings is 1. The molecule has 0 saturated carbocycles. The van der Waals surface area contributed by atoms with Gasteiger partial charge in [-0.25, -0.2) is 4.98 Å². The first-order valence-corrected chi connectivity index (χ1v) is 9.46. The quantitative estimate of drug-likeness (QED) is 0.554. The van der Waals surface area contributed by atoms with Crippen molar-refractivity contribution in [2.45, 2.75) is 26.8 Å². The molecule has 0 aliphatic heterocycles. The van der Waals surface area contributed by atoms with Crippen molar-refractivity contribution in [1.82, 2.24) is 9.97 Å². The van der Waals surface area contributed by atoms with Gasteiger partial charge in [0.25, 0.3) is 0 Å². The molecule has 118 valence electrons. The van der Waals surface area contributed by atoms with Gasteiger partial charge in [-0.05, 0) is 72.3 Å². The molecule has 3 aromatic rings. The minimum absolute atomic E-state index is 0.801. The summed E-state index contributed by atoms with van der Waals surface area (Å²) in [5.74, 6) is 0. The van der Waals surface area contributed by atoms with Gasteiger partial charge < -0.3 is 5.32 Å². The van der Waals surface area contributed by atoms with Crippen molar-refractivity contribution < 1.29 is 0 Å². The topological polar surface area (TPSA) is 37.8 Å². The molecular weight excluding hydrogens is 417 g/mol. The molecule has 0 unspecified atom stereocenters. The normalized spacial score (nSPS) is 10.7. The summed E-state index contributed by atoms with van der Waals surface area (Å²) >= 11 is 4.07. The predicted octanol–water partition coefficient (Wildman–Crippen LogP) is 5.29. The van der Waals surface area contributed by atoms with E-state index in [9.17, 15) is 0 Å². The fourth-order valence-corrected chi connectivity index (χ4v) is 3.63. The van der Waals surface area contributed by atoms with Crippen molar-refractivity contribution in [2.24, 2.45) is 0 Å². The summed E-state index contributed by atoms with van der Waals surface area (Å²) in [4.78, 5) is 10.4. The average Bonchev–Trinajstić information content (AvgIpc) is 2.95. The van der Waals surface area contributed by atoms with Crippen LogP contribution in [0.4, 0.5) is 5.69 Å². The minimum Gasteiger partial charge on any atom is -0.380 e. The second-order valence-electron chi connectivity index (χ2n) is 5.28. The number of halogens is 1. The van der Waals surface area contributed by atoms with Gasteiger partial charge in [-0.3, -0.25) is 4.98 Å². The van der Waals surface area contributed by atoms with Crippen LogP contribution in [-0.4, -0.2) is 9.97 Å². The van der Waals surface area contributed by atoms with E-state index in [1.807, 2.05) is 12.3 Å². The maximum Gasteiger partial charge on any atom is 0.124 e. The smallest absolute Gasteiger partial charge is 0.124 e. The van der Waals surface area contributed by atoms with Crippen LogP contribution in [0.15, 0.2) is 42.6 Å². The van der Waals surface area contributed by atoms with Gasteiger partial charge in [0.2, 0.25) is 0 Å². The second kappa shape index (κ2) is 7.40. The Morgan fingerprint density at radius 1 is 1.17 bits per heavy atom. The zero-order valence-corrected chi connectivity index (χ0v) is 16.1. The van der Waals surface area contributed by atoms with Crippen LogP contribution in [0.25, 0.3) is 10.6 Å². The molecule has 0 fully saturated rings. The molecule has 23 heavy (non-hydrogen) atoms. The van der Waals surface area contributed by atoms with Crippen molar-refractivity contribution in [1.29, 1.82) is 0 Å². The number of nitrogens with one attached hydrogen (secondary N) is 1. The molecule has 0 amide bonds. The van der Waals surface area contributed by atoms with Crippen LogP contribution in [-0.2, 0) is 13.0 Å². The Hall–Kier alpha value is -1.47. The predicted molar refractivity (Wildman–Crippen MR) is 106 cm³/mol. The SMILES string of the molecule is CCc1cc(-c2nc(C)c(CNc3ccc(I)cc3)s2)ccn1. The Morgan fingerprint density at radius 3 is 2.70 bits per heavy atom. The number of anilines is 1. The zero-order chi connectivity index (χ0) is 16.2. The van der Waals surface area contributed by atoms with Crippen molar-refractivity contribution in [2.75, 3.05) is 5.32 Å². The Bertz CT molecular complexity index is 796. The molecular formula is C18H18IN3S. The number of hydrogen-bond donors (Lipinski definition) is 1. The first-order chi connectivity index (χ1) is 11.2. The van der Waals surface area contributed by atoms with Crippen LogP contribution < -0.4 is 5.32 Å². The molecule has 5 heteroatoms. The number of hydrogen-bond acceptors (Lipinski definition) is 4. The molecule has 1 N–H and O–H groups in total. The summed E-state index contributed by atoms with van der Waals surface area (Å²) in [6, 6.07) is 12.6. The van der Waals surface area contributed by atoms with Crippen LogP contribution in [0.3, 0.4) is 0 Å². The summed E-state index contributed by atoms with van der Waals surface area (Å²) in [5, 5.41) is 4.54. The van der Waals surface area contributed by atoms with Crippen LogP contribution in [0.2, 0.25) is 0 Å². The van der Waals surface area contributed by atoms with Gasteiger partial charge in [0.15, 0.2) is 0 Å². The molecule has 3 nitrogen and oxygen atoms in total. The zero-order valence-electron chi connectivity index (χ0n) is 13.1. The molecule has 3 rings (SSSR count). The third kappa shape index (κ3) is 4.09. The lowest BCUT2D eigenvalue weighted by atomic mass is 10.2. The van der Waals surface area contributed by atoms with Crippen molar-refractivity contribution in [3.8, 4) is 10.6 Å². The van der Waals surface area contributed by atoms with Gasteiger partial charge in [0.05, 0.1) is 12.2 Å². The highest BCUT2D eigenvalue weighted by Crippen LogP contribution is 2.28. The minimum atomic E-state index is 0.801. The molecule has 0 atom stereocenters. The Morgan fingerprint density at radius 2 is 1.96 bits per heavy atom. The number of aryl methyl sites for hydroxylation is 2. The Balaban J connectivity index is 1.76. The van der Waals surface area contributed by atoms with Crippen molar-refractivity contribution >= 4 is 39.6 Å². The highest BCUT2D eigenvalue weighted by Gasteiger charge is 2.10. The van der Waals surface area contributed by atoms with E-state index < -0.39 is 0 Å². The lowest BCUT2D eigenvalue weighted by molar-refractivity contribution is 1.04. The van der Waals surface area contributed by atoms with E-state index in [-0.39, 0.29) is 0 Å². The van der Waals surface area contributed by atoms with E-state index in [1.54, 1.807) is 11.3 Å². The molecule has 0 radical (unpaired) electrons. The van der Waals surface area contributed by atoms with Gasteiger partial charge >= 0.3 is 0 Å². The van der Waals surface area contributed by atoms with E-state index in [1.165, 1.54) is 8.45 Å². The van der Waals surface area contributed by atoms with Gasteiger partial charge in [0, 0.05) is 31.6 Å². The third-order valence-corrected chi connectivity index (χ3v) is 5.54. The van der Waals surface area contributed by atoms with Crippen LogP contribution in [0.1, 0.15) is 23.2 Å². The molecule has 2 aromatic heterocycles. The number of thiazole rings is 1. The molecule has 0 aliphatic carbocycles. The van der Waals surface area contributed by atoms with Crippen molar-refractivity contribution in [3.63, 3.8) is 0 Å². The maximum absolute atomic E-state index is 4.73. The molecule has 1 aromatic carbocycles. The van der Waals surface area contributed by atoms with E-state index >= 15 is 0 Å². The average molecular weight is 435 g/mol.